The van der Waals surface area contributed by atoms with Gasteiger partial charge in [0.05, 0.1) is 26.4 Å². The second-order valence-corrected chi connectivity index (χ2v) is 5.99. The number of carbonyl (C=O) groups is 1. The number of H-pyrrole nitrogens is 1. The molecule has 3 rings (SSSR count). The van der Waals surface area contributed by atoms with Gasteiger partial charge in [0.2, 0.25) is 5.82 Å². The van der Waals surface area contributed by atoms with E-state index in [0.29, 0.717) is 49.9 Å². The van der Waals surface area contributed by atoms with Gasteiger partial charge in [0.15, 0.2) is 11.5 Å². The molecule has 1 aliphatic heterocycles. The molecule has 0 aromatic carbocycles. The molecular formula is C17H25N5O4. The number of carbonyl (C=O) groups excluding carboxylic acids is 1. The minimum Gasteiger partial charge on any atom is -0.463 e. The van der Waals surface area contributed by atoms with Crippen LogP contribution >= 0.6 is 0 Å². The Bertz CT molecular complexity index is 742. The molecule has 0 aliphatic carbocycles. The summed E-state index contributed by atoms with van der Waals surface area (Å²) in [4.78, 5) is 30.3. The molecule has 3 heterocycles. The SMILES string of the molecule is CCCCCOc1nc(N2CCOCC2)c2[nH]c(C(=O)OCC)nc2n1. The second-order valence-electron chi connectivity index (χ2n) is 5.99. The number of aromatic amines is 1. The number of ether oxygens (including phenoxy) is 3. The highest BCUT2D eigenvalue weighted by Gasteiger charge is 2.22. The van der Waals surface area contributed by atoms with Crippen LogP contribution in [-0.4, -0.2) is 65.4 Å². The van der Waals surface area contributed by atoms with Gasteiger partial charge in [-0.25, -0.2) is 9.78 Å². The summed E-state index contributed by atoms with van der Waals surface area (Å²) in [6.07, 6.45) is 3.15. The first kappa shape index (κ1) is 18.4. The number of hydrogen-bond donors (Lipinski definition) is 1. The van der Waals surface area contributed by atoms with Crippen molar-refractivity contribution in [2.45, 2.75) is 33.1 Å². The predicted molar refractivity (Wildman–Crippen MR) is 95.7 cm³/mol. The van der Waals surface area contributed by atoms with Crippen LogP contribution < -0.4 is 9.64 Å². The van der Waals surface area contributed by atoms with E-state index in [0.717, 1.165) is 19.3 Å². The van der Waals surface area contributed by atoms with E-state index < -0.39 is 5.97 Å². The maximum Gasteiger partial charge on any atom is 0.374 e. The van der Waals surface area contributed by atoms with Crippen molar-refractivity contribution in [2.24, 2.45) is 0 Å². The van der Waals surface area contributed by atoms with Gasteiger partial charge in [0.25, 0.3) is 0 Å². The Morgan fingerprint density at radius 3 is 2.73 bits per heavy atom. The van der Waals surface area contributed by atoms with E-state index in [1.165, 1.54) is 0 Å². The third kappa shape index (κ3) is 4.21. The highest BCUT2D eigenvalue weighted by atomic mass is 16.5. The van der Waals surface area contributed by atoms with E-state index in [1.807, 2.05) is 0 Å². The molecule has 0 amide bonds. The zero-order chi connectivity index (χ0) is 18.4. The average Bonchev–Trinajstić information content (AvgIpc) is 3.10. The van der Waals surface area contributed by atoms with Gasteiger partial charge in [-0.2, -0.15) is 9.97 Å². The number of unbranched alkanes of at least 4 members (excludes halogenated alkanes) is 2. The maximum atomic E-state index is 12.0. The number of nitrogens with zero attached hydrogens (tertiary/aromatic N) is 4. The first-order valence-corrected chi connectivity index (χ1v) is 9.13. The third-order valence-corrected chi connectivity index (χ3v) is 4.07. The second kappa shape index (κ2) is 8.79. The van der Waals surface area contributed by atoms with Gasteiger partial charge in [0, 0.05) is 13.1 Å². The van der Waals surface area contributed by atoms with E-state index in [1.54, 1.807) is 6.92 Å². The Kier molecular flexibility index (Phi) is 6.21. The Morgan fingerprint density at radius 2 is 2.00 bits per heavy atom. The van der Waals surface area contributed by atoms with Crippen LogP contribution in [0.25, 0.3) is 11.2 Å². The number of rotatable bonds is 8. The lowest BCUT2D eigenvalue weighted by Gasteiger charge is -2.28. The topological polar surface area (TPSA) is 102 Å². The number of aromatic nitrogens is 4. The van der Waals surface area contributed by atoms with Crippen LogP contribution in [0.1, 0.15) is 43.7 Å². The van der Waals surface area contributed by atoms with Crippen LogP contribution in [0.2, 0.25) is 0 Å². The molecule has 0 atom stereocenters. The van der Waals surface area contributed by atoms with Crippen LogP contribution in [0, 0.1) is 0 Å². The van der Waals surface area contributed by atoms with E-state index in [2.05, 4.69) is 31.8 Å². The highest BCUT2D eigenvalue weighted by Crippen LogP contribution is 2.25. The molecule has 0 unspecified atom stereocenters. The van der Waals surface area contributed by atoms with Crippen molar-refractivity contribution in [1.82, 2.24) is 19.9 Å². The largest absolute Gasteiger partial charge is 0.463 e. The fraction of sp³-hybridized carbons (Fsp3) is 0.647. The molecule has 9 nitrogen and oxygen atoms in total. The summed E-state index contributed by atoms with van der Waals surface area (Å²) in [6, 6.07) is 0.275. The fourth-order valence-corrected chi connectivity index (χ4v) is 2.74. The van der Waals surface area contributed by atoms with Gasteiger partial charge in [-0.15, -0.1) is 0 Å². The predicted octanol–water partition coefficient (Wildman–Crippen LogP) is 1.94. The zero-order valence-electron chi connectivity index (χ0n) is 15.3. The summed E-state index contributed by atoms with van der Waals surface area (Å²) in [5.41, 5.74) is 1.01. The van der Waals surface area contributed by atoms with E-state index in [4.69, 9.17) is 14.2 Å². The van der Waals surface area contributed by atoms with Crippen molar-refractivity contribution in [3.63, 3.8) is 0 Å². The smallest absolute Gasteiger partial charge is 0.374 e. The molecule has 1 fully saturated rings. The van der Waals surface area contributed by atoms with E-state index in [9.17, 15) is 4.79 Å². The molecule has 0 saturated carbocycles. The van der Waals surface area contributed by atoms with Crippen molar-refractivity contribution in [2.75, 3.05) is 44.4 Å². The molecule has 1 saturated heterocycles. The van der Waals surface area contributed by atoms with Gasteiger partial charge < -0.3 is 24.1 Å². The lowest BCUT2D eigenvalue weighted by molar-refractivity contribution is 0.0513. The Hall–Kier alpha value is -2.42. The molecule has 0 spiro atoms. The van der Waals surface area contributed by atoms with Crippen LogP contribution in [0.5, 0.6) is 6.01 Å². The number of esters is 1. The van der Waals surface area contributed by atoms with Gasteiger partial charge in [-0.3, -0.25) is 0 Å². The number of imidazole rings is 1. The van der Waals surface area contributed by atoms with Gasteiger partial charge in [0.1, 0.15) is 5.52 Å². The molecule has 1 N–H and O–H groups in total. The average molecular weight is 363 g/mol. The number of nitrogens with one attached hydrogen (secondary N) is 1. The molecule has 9 heteroatoms. The number of anilines is 1. The highest BCUT2D eigenvalue weighted by molar-refractivity contribution is 5.92. The van der Waals surface area contributed by atoms with Crippen LogP contribution in [-0.2, 0) is 9.47 Å². The molecular weight excluding hydrogens is 338 g/mol. The summed E-state index contributed by atoms with van der Waals surface area (Å²) in [5, 5.41) is 0. The molecule has 2 aromatic rings. The monoisotopic (exact) mass is 363 g/mol. The molecule has 142 valence electrons. The summed E-state index contributed by atoms with van der Waals surface area (Å²) in [5.74, 6) is 0.282. The number of hydrogen-bond acceptors (Lipinski definition) is 8. The standard InChI is InChI=1S/C17H25N5O4/c1-3-5-6-9-26-17-20-13-12(18-14(19-13)16(23)25-4-2)15(21-17)22-7-10-24-11-8-22/h3-11H2,1-2H3,(H,18,19,20,21). The van der Waals surface area contributed by atoms with Crippen molar-refractivity contribution in [3.05, 3.63) is 5.82 Å². The summed E-state index contributed by atoms with van der Waals surface area (Å²) >= 11 is 0. The van der Waals surface area contributed by atoms with Gasteiger partial charge in [-0.1, -0.05) is 19.8 Å². The maximum absolute atomic E-state index is 12.0. The van der Waals surface area contributed by atoms with Gasteiger partial charge >= 0.3 is 12.0 Å². The van der Waals surface area contributed by atoms with Crippen molar-refractivity contribution in [3.8, 4) is 6.01 Å². The summed E-state index contributed by atoms with van der Waals surface area (Å²) in [7, 11) is 0. The molecule has 2 aromatic heterocycles. The lowest BCUT2D eigenvalue weighted by Crippen LogP contribution is -2.37. The van der Waals surface area contributed by atoms with Crippen molar-refractivity contribution < 1.29 is 19.0 Å². The van der Waals surface area contributed by atoms with Gasteiger partial charge in [-0.05, 0) is 13.3 Å². The quantitative estimate of drug-likeness (QED) is 0.561. The third-order valence-electron chi connectivity index (χ3n) is 4.07. The number of fused-ring (bicyclic) bond motifs is 1. The lowest BCUT2D eigenvalue weighted by atomic mass is 10.3. The molecule has 0 bridgehead atoms. The molecule has 0 radical (unpaired) electrons. The van der Waals surface area contributed by atoms with Crippen LogP contribution in [0.3, 0.4) is 0 Å². The van der Waals surface area contributed by atoms with Crippen LogP contribution in [0.15, 0.2) is 0 Å². The summed E-state index contributed by atoms with van der Waals surface area (Å²) in [6.45, 7) is 7.38. The normalized spacial score (nSPS) is 14.6. The minimum absolute atomic E-state index is 0.119. The first-order chi connectivity index (χ1) is 12.7. The van der Waals surface area contributed by atoms with E-state index in [-0.39, 0.29) is 18.4 Å². The number of morpholine rings is 1. The van der Waals surface area contributed by atoms with Crippen molar-refractivity contribution >= 4 is 23.0 Å². The Balaban J connectivity index is 1.92. The van der Waals surface area contributed by atoms with Crippen molar-refractivity contribution in [1.29, 1.82) is 0 Å². The van der Waals surface area contributed by atoms with E-state index >= 15 is 0 Å². The first-order valence-electron chi connectivity index (χ1n) is 9.13. The van der Waals surface area contributed by atoms with Crippen LogP contribution in [0.4, 0.5) is 5.82 Å². The Labute approximate surface area is 152 Å². The Morgan fingerprint density at radius 1 is 1.19 bits per heavy atom. The molecule has 26 heavy (non-hydrogen) atoms. The zero-order valence-corrected chi connectivity index (χ0v) is 15.3. The fourth-order valence-electron chi connectivity index (χ4n) is 2.74. The summed E-state index contributed by atoms with van der Waals surface area (Å²) < 4.78 is 16.1. The molecule has 1 aliphatic rings. The minimum atomic E-state index is -0.510.